The molecule has 5 aromatic rings. The Morgan fingerprint density at radius 1 is 0.868 bits per heavy atom. The highest BCUT2D eigenvalue weighted by atomic mass is 15.1. The Morgan fingerprint density at radius 3 is 2.58 bits per heavy atom. The van der Waals surface area contributed by atoms with Crippen LogP contribution in [0.2, 0.25) is 0 Å². The summed E-state index contributed by atoms with van der Waals surface area (Å²) >= 11 is 0. The summed E-state index contributed by atoms with van der Waals surface area (Å²) in [6.45, 7) is 6.45. The molecule has 2 fully saturated rings. The third-order valence-corrected chi connectivity index (χ3v) is 8.11. The molecule has 8 nitrogen and oxygen atoms in total. The van der Waals surface area contributed by atoms with Crippen LogP contribution in [-0.4, -0.2) is 43.2 Å². The van der Waals surface area contributed by atoms with Gasteiger partial charge in [0.05, 0.1) is 58.6 Å². The number of allylic oxidation sites excluding steroid dienone is 1. The molecule has 7 rings (SSSR count). The number of hydrogen-bond acceptors (Lipinski definition) is 6. The summed E-state index contributed by atoms with van der Waals surface area (Å²) in [6, 6.07) is 6.40. The Kier molecular flexibility index (Phi) is 5.80. The number of H-pyrrole nitrogens is 2. The fourth-order valence-electron chi connectivity index (χ4n) is 6.04. The number of pyridine rings is 3. The monoisotopic (exact) mass is 504 g/mol. The van der Waals surface area contributed by atoms with Gasteiger partial charge in [-0.15, -0.1) is 0 Å². The highest BCUT2D eigenvalue weighted by molar-refractivity contribution is 6.00. The Hall–Kier alpha value is -4.20. The molecule has 8 heteroatoms. The fraction of sp³-hybridized carbons (Fsp3) is 0.333. The van der Waals surface area contributed by atoms with Crippen molar-refractivity contribution in [1.29, 1.82) is 0 Å². The van der Waals surface area contributed by atoms with Crippen molar-refractivity contribution < 1.29 is 0 Å². The number of aromatic amines is 2. The molecule has 1 aliphatic heterocycles. The molecule has 0 radical (unpaired) electrons. The van der Waals surface area contributed by atoms with E-state index < -0.39 is 0 Å². The smallest absolute Gasteiger partial charge is 0.116 e. The second kappa shape index (κ2) is 9.59. The summed E-state index contributed by atoms with van der Waals surface area (Å²) in [5, 5.41) is 13.5. The van der Waals surface area contributed by atoms with Crippen molar-refractivity contribution in [2.24, 2.45) is 5.92 Å². The van der Waals surface area contributed by atoms with E-state index in [1.807, 2.05) is 31.0 Å². The van der Waals surface area contributed by atoms with Crippen molar-refractivity contribution >= 4 is 33.2 Å². The third kappa shape index (κ3) is 4.20. The largest absolute Gasteiger partial charge is 0.370 e. The van der Waals surface area contributed by atoms with E-state index >= 15 is 0 Å². The number of piperidine rings is 1. The molecule has 1 saturated carbocycles. The number of nitrogens with zero attached hydrogens (tertiary/aromatic N) is 5. The molecule has 38 heavy (non-hydrogen) atoms. The molecule has 6 heterocycles. The van der Waals surface area contributed by atoms with E-state index in [0.717, 1.165) is 63.5 Å². The lowest BCUT2D eigenvalue weighted by Gasteiger charge is -2.28. The quantitative estimate of drug-likeness (QED) is 0.239. The van der Waals surface area contributed by atoms with Crippen LogP contribution in [0.15, 0.2) is 61.5 Å². The zero-order chi connectivity index (χ0) is 25.5. The van der Waals surface area contributed by atoms with Gasteiger partial charge < -0.3 is 15.2 Å². The van der Waals surface area contributed by atoms with Gasteiger partial charge in [-0.05, 0) is 56.2 Å². The van der Waals surface area contributed by atoms with E-state index in [2.05, 4.69) is 60.1 Å². The Balaban J connectivity index is 1.22. The van der Waals surface area contributed by atoms with Crippen LogP contribution in [0, 0.1) is 5.92 Å². The molecule has 0 amide bonds. The number of fused-ring (bicyclic) bond motifs is 2. The fourth-order valence-corrected chi connectivity index (χ4v) is 6.04. The molecule has 192 valence electrons. The van der Waals surface area contributed by atoms with E-state index in [9.17, 15) is 0 Å². The predicted molar refractivity (Wildman–Crippen MR) is 153 cm³/mol. The first-order valence-electron chi connectivity index (χ1n) is 13.7. The van der Waals surface area contributed by atoms with E-state index in [1.54, 1.807) is 0 Å². The van der Waals surface area contributed by atoms with Crippen LogP contribution in [0.4, 0.5) is 11.4 Å². The molecule has 0 aromatic carbocycles. The Labute approximate surface area is 221 Å². The normalized spacial score (nSPS) is 16.5. The summed E-state index contributed by atoms with van der Waals surface area (Å²) in [7, 11) is 0. The zero-order valence-electron chi connectivity index (χ0n) is 21.5. The number of rotatable bonds is 6. The van der Waals surface area contributed by atoms with E-state index in [-0.39, 0.29) is 0 Å². The highest BCUT2D eigenvalue weighted by Gasteiger charge is 2.20. The molecule has 1 saturated heterocycles. The highest BCUT2D eigenvalue weighted by Crippen LogP contribution is 2.35. The molecule has 0 atom stereocenters. The molecule has 2 aliphatic rings. The van der Waals surface area contributed by atoms with Crippen molar-refractivity contribution in [1.82, 2.24) is 30.1 Å². The van der Waals surface area contributed by atoms with Crippen LogP contribution in [0.5, 0.6) is 0 Å². The Bertz CT molecular complexity index is 1620. The molecular formula is C30H32N8. The summed E-state index contributed by atoms with van der Waals surface area (Å²) < 4.78 is 0. The van der Waals surface area contributed by atoms with Crippen LogP contribution in [-0.2, 0) is 0 Å². The van der Waals surface area contributed by atoms with Crippen molar-refractivity contribution in [3.63, 3.8) is 0 Å². The topological polar surface area (TPSA) is 98.4 Å². The van der Waals surface area contributed by atoms with Crippen molar-refractivity contribution in [3.05, 3.63) is 61.5 Å². The van der Waals surface area contributed by atoms with Crippen LogP contribution in [0.25, 0.3) is 44.5 Å². The lowest BCUT2D eigenvalue weighted by Crippen LogP contribution is -2.29. The molecule has 0 unspecified atom stereocenters. The molecule has 5 aromatic heterocycles. The van der Waals surface area contributed by atoms with Gasteiger partial charge in [0, 0.05) is 41.3 Å². The van der Waals surface area contributed by atoms with Crippen molar-refractivity contribution in [3.8, 4) is 22.6 Å². The lowest BCUT2D eigenvalue weighted by atomic mass is 10.0. The van der Waals surface area contributed by atoms with Gasteiger partial charge in [0.25, 0.3) is 0 Å². The van der Waals surface area contributed by atoms with Gasteiger partial charge in [-0.1, -0.05) is 19.4 Å². The zero-order valence-corrected chi connectivity index (χ0v) is 21.5. The maximum atomic E-state index is 4.71. The number of hydrogen-bond donors (Lipinski definition) is 3. The second-order valence-electron chi connectivity index (χ2n) is 10.6. The third-order valence-electron chi connectivity index (χ3n) is 8.11. The molecule has 0 spiro atoms. The summed E-state index contributed by atoms with van der Waals surface area (Å²) in [4.78, 5) is 19.7. The first-order chi connectivity index (χ1) is 18.7. The Morgan fingerprint density at radius 2 is 1.71 bits per heavy atom. The van der Waals surface area contributed by atoms with Gasteiger partial charge >= 0.3 is 0 Å². The lowest BCUT2D eigenvalue weighted by molar-refractivity contribution is 0.578. The average Bonchev–Trinajstić information content (AvgIpc) is 3.73. The minimum Gasteiger partial charge on any atom is -0.370 e. The molecule has 1 aliphatic carbocycles. The summed E-state index contributed by atoms with van der Waals surface area (Å²) in [6.07, 6.45) is 18.2. The van der Waals surface area contributed by atoms with Crippen LogP contribution >= 0.6 is 0 Å². The maximum Gasteiger partial charge on any atom is 0.116 e. The second-order valence-corrected chi connectivity index (χ2v) is 10.6. The van der Waals surface area contributed by atoms with Gasteiger partial charge in [0.1, 0.15) is 5.69 Å². The van der Waals surface area contributed by atoms with Crippen molar-refractivity contribution in [2.75, 3.05) is 23.3 Å². The first-order valence-corrected chi connectivity index (χ1v) is 13.7. The summed E-state index contributed by atoms with van der Waals surface area (Å²) in [5.74, 6) is 0.545. The molecule has 0 bridgehead atoms. The van der Waals surface area contributed by atoms with Crippen LogP contribution in [0.1, 0.15) is 44.9 Å². The van der Waals surface area contributed by atoms with Gasteiger partial charge in [-0.25, -0.2) is 0 Å². The van der Waals surface area contributed by atoms with Crippen LogP contribution < -0.4 is 10.2 Å². The van der Waals surface area contributed by atoms with Gasteiger partial charge in [-0.3, -0.25) is 20.1 Å². The van der Waals surface area contributed by atoms with E-state index in [1.165, 1.54) is 56.0 Å². The predicted octanol–water partition coefficient (Wildman–Crippen LogP) is 6.67. The first kappa shape index (κ1) is 23.0. The average molecular weight is 505 g/mol. The van der Waals surface area contributed by atoms with Gasteiger partial charge in [-0.2, -0.15) is 5.10 Å². The number of aromatic nitrogens is 6. The van der Waals surface area contributed by atoms with Gasteiger partial charge in [0.2, 0.25) is 0 Å². The van der Waals surface area contributed by atoms with Crippen molar-refractivity contribution in [2.45, 2.75) is 44.9 Å². The minimum atomic E-state index is 0.545. The summed E-state index contributed by atoms with van der Waals surface area (Å²) in [5.41, 5.74) is 8.80. The molecule has 3 N–H and O–H groups in total. The van der Waals surface area contributed by atoms with E-state index in [4.69, 9.17) is 4.98 Å². The number of nitrogens with one attached hydrogen (secondary N) is 3. The van der Waals surface area contributed by atoms with Crippen LogP contribution in [0.3, 0.4) is 0 Å². The SMILES string of the molecule is C=C(Nc1cncc(-c2cc3c(-c4cc5c(N6CCCCC6)cncc5[nH]4)n[nH]c3cn2)c1)C1CCCC1. The minimum absolute atomic E-state index is 0.545. The van der Waals surface area contributed by atoms with E-state index in [0.29, 0.717) is 5.92 Å². The standard InChI is InChI=1S/C30H32N8/c1-19(20-7-3-4-8-20)34-22-11-21(14-31-15-22)25-13-24-28(17-33-25)36-37-30(24)26-12-23-27(35-26)16-32-18-29(23)38-9-5-2-6-10-38/h11-18,20,34-35H,1-10H2,(H,36,37). The maximum absolute atomic E-state index is 4.71. The molecular weight excluding hydrogens is 472 g/mol. The van der Waals surface area contributed by atoms with Gasteiger partial charge in [0.15, 0.2) is 0 Å². The number of anilines is 2.